The van der Waals surface area contributed by atoms with E-state index < -0.39 is 0 Å². The van der Waals surface area contributed by atoms with Gasteiger partial charge in [0, 0.05) is 38.9 Å². The van der Waals surface area contributed by atoms with Crippen LogP contribution in [0.4, 0.5) is 11.8 Å². The molecule has 8 nitrogen and oxygen atoms in total. The van der Waals surface area contributed by atoms with Gasteiger partial charge in [-0.05, 0) is 99.6 Å². The third-order valence-electron chi connectivity index (χ3n) is 8.26. The van der Waals surface area contributed by atoms with Crippen molar-refractivity contribution in [3.05, 3.63) is 70.3 Å². The van der Waals surface area contributed by atoms with E-state index in [0.717, 1.165) is 63.4 Å². The normalized spacial score (nSPS) is 20.8. The molecular formula is C32H43N5O3. The highest BCUT2D eigenvalue weighted by Gasteiger charge is 2.23. The molecule has 1 aliphatic heterocycles. The van der Waals surface area contributed by atoms with Gasteiger partial charge < -0.3 is 25.1 Å². The number of ether oxygens (including phenoxy) is 1. The Morgan fingerprint density at radius 2 is 1.75 bits per heavy atom. The van der Waals surface area contributed by atoms with Gasteiger partial charge in [0.05, 0.1) is 6.10 Å². The summed E-state index contributed by atoms with van der Waals surface area (Å²) in [5, 5.41) is 9.92. The quantitative estimate of drug-likeness (QED) is 0.279. The van der Waals surface area contributed by atoms with Crippen LogP contribution in [0.5, 0.6) is 0 Å². The van der Waals surface area contributed by atoms with Gasteiger partial charge in [0.25, 0.3) is 5.91 Å². The van der Waals surface area contributed by atoms with Gasteiger partial charge >= 0.3 is 0 Å². The maximum absolute atomic E-state index is 12.8. The van der Waals surface area contributed by atoms with Crippen LogP contribution in [0, 0.1) is 32.6 Å². The number of amides is 1. The summed E-state index contributed by atoms with van der Waals surface area (Å²) < 4.78 is 11.6. The minimum absolute atomic E-state index is 0.135. The fourth-order valence-corrected chi connectivity index (χ4v) is 6.16. The molecule has 1 saturated heterocycles. The van der Waals surface area contributed by atoms with E-state index in [9.17, 15) is 4.79 Å². The topological polar surface area (TPSA) is 101 Å². The number of furan rings is 1. The highest BCUT2D eigenvalue weighted by atomic mass is 16.5. The number of aromatic nitrogens is 2. The maximum atomic E-state index is 12.8. The van der Waals surface area contributed by atoms with E-state index in [1.165, 1.54) is 28.7 Å². The minimum atomic E-state index is -0.135. The molecular weight excluding hydrogens is 502 g/mol. The van der Waals surface area contributed by atoms with Crippen molar-refractivity contribution in [2.24, 2.45) is 11.8 Å². The van der Waals surface area contributed by atoms with Crippen molar-refractivity contribution in [1.29, 1.82) is 0 Å². The Hall–Kier alpha value is -3.39. The molecule has 2 aromatic heterocycles. The summed E-state index contributed by atoms with van der Waals surface area (Å²) in [5.41, 5.74) is 5.04. The third-order valence-corrected chi connectivity index (χ3v) is 8.26. The molecule has 3 aromatic rings. The van der Waals surface area contributed by atoms with Gasteiger partial charge in [0.15, 0.2) is 5.76 Å². The highest BCUT2D eigenvalue weighted by Crippen LogP contribution is 2.29. The standard InChI is InChI=1S/C32H43N5O3/c1-21-14-22(2)28(23(3)15-21)17-26-9-10-29(40-26)31(38)35-18-24-6-4-7-25(16-24)19-36-32-33-12-11-30(37-32)34-20-27-8-5-13-39-27/h9-12,14-15,24-25,27H,4-8,13,16-20H2,1-3H3,(H,35,38)(H2,33,34,36,37). The number of hydrogen-bond acceptors (Lipinski definition) is 7. The first-order chi connectivity index (χ1) is 19.4. The van der Waals surface area contributed by atoms with Gasteiger partial charge in [-0.3, -0.25) is 4.79 Å². The molecule has 3 heterocycles. The Morgan fingerprint density at radius 1 is 0.950 bits per heavy atom. The molecule has 3 atom stereocenters. The SMILES string of the molecule is Cc1cc(C)c(Cc2ccc(C(=O)NCC3CCCC(CNc4nccc(NCC5CCCO5)n4)C3)o2)c(C)c1. The molecule has 0 radical (unpaired) electrons. The lowest BCUT2D eigenvalue weighted by Crippen LogP contribution is -2.33. The Labute approximate surface area is 237 Å². The van der Waals surface area contributed by atoms with E-state index in [1.807, 2.05) is 12.1 Å². The van der Waals surface area contributed by atoms with E-state index >= 15 is 0 Å². The third kappa shape index (κ3) is 7.62. The van der Waals surface area contributed by atoms with E-state index in [4.69, 9.17) is 9.15 Å². The van der Waals surface area contributed by atoms with Gasteiger partial charge in [-0.2, -0.15) is 4.98 Å². The molecule has 3 unspecified atom stereocenters. The number of anilines is 2. The van der Waals surface area contributed by atoms with Crippen molar-refractivity contribution >= 4 is 17.7 Å². The van der Waals surface area contributed by atoms with E-state index in [0.29, 0.717) is 36.5 Å². The maximum Gasteiger partial charge on any atom is 0.287 e. The van der Waals surface area contributed by atoms with Crippen molar-refractivity contribution in [2.75, 3.05) is 36.9 Å². The minimum Gasteiger partial charge on any atom is -0.456 e. The second kappa shape index (κ2) is 13.3. The summed E-state index contributed by atoms with van der Waals surface area (Å²) in [6.07, 6.45) is 9.52. The average Bonchev–Trinajstić information content (AvgIpc) is 3.65. The molecule has 214 valence electrons. The molecule has 1 aliphatic carbocycles. The second-order valence-corrected chi connectivity index (χ2v) is 11.6. The number of rotatable bonds is 11. The number of aryl methyl sites for hydroxylation is 3. The Balaban J connectivity index is 1.06. The molecule has 2 fully saturated rings. The number of nitrogens with one attached hydrogen (secondary N) is 3. The lowest BCUT2D eigenvalue weighted by atomic mass is 9.81. The monoisotopic (exact) mass is 545 g/mol. The van der Waals surface area contributed by atoms with E-state index in [-0.39, 0.29) is 12.0 Å². The fraction of sp³-hybridized carbons (Fsp3) is 0.531. The first kappa shape index (κ1) is 28.1. The van der Waals surface area contributed by atoms with Gasteiger partial charge in [-0.1, -0.05) is 24.1 Å². The van der Waals surface area contributed by atoms with Crippen molar-refractivity contribution in [3.8, 4) is 0 Å². The fourth-order valence-electron chi connectivity index (χ4n) is 6.16. The zero-order valence-corrected chi connectivity index (χ0v) is 24.1. The van der Waals surface area contributed by atoms with Crippen molar-refractivity contribution in [1.82, 2.24) is 15.3 Å². The van der Waals surface area contributed by atoms with Crippen LogP contribution >= 0.6 is 0 Å². The molecule has 3 N–H and O–H groups in total. The van der Waals surface area contributed by atoms with Crippen LogP contribution in [-0.2, 0) is 11.2 Å². The molecule has 0 bridgehead atoms. The summed E-state index contributed by atoms with van der Waals surface area (Å²) in [5.74, 6) is 3.52. The summed E-state index contributed by atoms with van der Waals surface area (Å²) in [6, 6.07) is 10.00. The first-order valence-electron chi connectivity index (χ1n) is 14.8. The largest absolute Gasteiger partial charge is 0.456 e. The summed E-state index contributed by atoms with van der Waals surface area (Å²) in [6.45, 7) is 9.51. The van der Waals surface area contributed by atoms with Crippen LogP contribution in [0.15, 0.2) is 40.9 Å². The predicted octanol–water partition coefficient (Wildman–Crippen LogP) is 5.82. The van der Waals surface area contributed by atoms with E-state index in [2.05, 4.69) is 58.8 Å². The van der Waals surface area contributed by atoms with Crippen LogP contribution in [-0.4, -0.2) is 48.2 Å². The molecule has 40 heavy (non-hydrogen) atoms. The van der Waals surface area contributed by atoms with Gasteiger partial charge in [0.2, 0.25) is 5.95 Å². The van der Waals surface area contributed by atoms with E-state index in [1.54, 1.807) is 12.3 Å². The number of nitrogens with zero attached hydrogens (tertiary/aromatic N) is 2. The lowest BCUT2D eigenvalue weighted by molar-refractivity contribution is 0.0911. The number of carbonyl (C=O) groups excluding carboxylic acids is 1. The van der Waals surface area contributed by atoms with Gasteiger partial charge in [0.1, 0.15) is 11.6 Å². The predicted molar refractivity (Wildman–Crippen MR) is 158 cm³/mol. The molecule has 8 heteroatoms. The number of benzene rings is 1. The van der Waals surface area contributed by atoms with Crippen LogP contribution in [0.3, 0.4) is 0 Å². The lowest BCUT2D eigenvalue weighted by Gasteiger charge is -2.29. The van der Waals surface area contributed by atoms with Gasteiger partial charge in [-0.25, -0.2) is 4.98 Å². The molecule has 2 aliphatic rings. The van der Waals surface area contributed by atoms with Crippen LogP contribution in [0.1, 0.15) is 77.1 Å². The molecule has 0 spiro atoms. The van der Waals surface area contributed by atoms with Crippen LogP contribution in [0.25, 0.3) is 0 Å². The Bertz CT molecular complexity index is 1260. The average molecular weight is 546 g/mol. The first-order valence-corrected chi connectivity index (χ1v) is 14.8. The highest BCUT2D eigenvalue weighted by molar-refractivity contribution is 5.91. The summed E-state index contributed by atoms with van der Waals surface area (Å²) in [7, 11) is 0. The smallest absolute Gasteiger partial charge is 0.287 e. The Morgan fingerprint density at radius 3 is 2.52 bits per heavy atom. The van der Waals surface area contributed by atoms with Crippen LogP contribution < -0.4 is 16.0 Å². The van der Waals surface area contributed by atoms with Crippen molar-refractivity contribution in [3.63, 3.8) is 0 Å². The summed E-state index contributed by atoms with van der Waals surface area (Å²) >= 11 is 0. The zero-order chi connectivity index (χ0) is 27.9. The molecule has 1 aromatic carbocycles. The molecule has 1 amide bonds. The van der Waals surface area contributed by atoms with Gasteiger partial charge in [-0.15, -0.1) is 0 Å². The Kier molecular flexibility index (Phi) is 9.37. The van der Waals surface area contributed by atoms with Crippen LogP contribution in [0.2, 0.25) is 0 Å². The number of carbonyl (C=O) groups is 1. The van der Waals surface area contributed by atoms with Crippen molar-refractivity contribution < 1.29 is 13.9 Å². The summed E-state index contributed by atoms with van der Waals surface area (Å²) in [4.78, 5) is 21.9. The number of hydrogen-bond donors (Lipinski definition) is 3. The molecule has 5 rings (SSSR count). The van der Waals surface area contributed by atoms with Crippen molar-refractivity contribution in [2.45, 2.75) is 71.8 Å². The second-order valence-electron chi connectivity index (χ2n) is 11.6. The zero-order valence-electron chi connectivity index (χ0n) is 24.1. The molecule has 1 saturated carbocycles.